The fourth-order valence-corrected chi connectivity index (χ4v) is 10.7. The highest BCUT2D eigenvalue weighted by atomic mass is 16.5. The lowest BCUT2D eigenvalue weighted by atomic mass is 9.48. The zero-order chi connectivity index (χ0) is 40.6. The van der Waals surface area contributed by atoms with Crippen molar-refractivity contribution in [3.8, 4) is 0 Å². The van der Waals surface area contributed by atoms with Crippen LogP contribution < -0.4 is 0 Å². The number of aliphatic hydroxyl groups excluding tert-OH is 2. The van der Waals surface area contributed by atoms with Gasteiger partial charge >= 0.3 is 5.97 Å². The molecule has 0 spiro atoms. The Hall–Kier alpha value is -1.13. The summed E-state index contributed by atoms with van der Waals surface area (Å²) in [5.41, 5.74) is 3.18. The summed E-state index contributed by atoms with van der Waals surface area (Å²) in [4.78, 5) is 12.3. The van der Waals surface area contributed by atoms with E-state index in [4.69, 9.17) is 9.84 Å². The lowest BCUT2D eigenvalue weighted by Crippen LogP contribution is -2.49. The van der Waals surface area contributed by atoms with Crippen LogP contribution in [0.1, 0.15) is 259 Å². The fraction of sp³-hybridized carbons (Fsp3) is 0.904. The summed E-state index contributed by atoms with van der Waals surface area (Å²) < 4.78 is 5.57. The maximum Gasteiger partial charge on any atom is 0.306 e. The number of aliphatic hydroxyl groups is 2. The van der Waals surface area contributed by atoms with Gasteiger partial charge in [0.1, 0.15) is 6.61 Å². The minimum atomic E-state index is -0.0529. The predicted octanol–water partition coefficient (Wildman–Crippen LogP) is 15.7. The van der Waals surface area contributed by atoms with Crippen molar-refractivity contribution in [1.82, 2.24) is 0 Å². The Labute approximate surface area is 349 Å². The van der Waals surface area contributed by atoms with Crippen molar-refractivity contribution >= 4 is 5.97 Å². The summed E-state index contributed by atoms with van der Waals surface area (Å²) in [5, 5.41) is 19.0. The number of ether oxygens (including phenoxy) is 1. The Bertz CT molecular complexity index is 1010. The molecule has 4 nitrogen and oxygen atoms in total. The maximum atomic E-state index is 12.3. The van der Waals surface area contributed by atoms with E-state index >= 15 is 0 Å². The second-order valence-corrected chi connectivity index (χ2v) is 19.6. The third-order valence-electron chi connectivity index (χ3n) is 14.4. The summed E-state index contributed by atoms with van der Waals surface area (Å²) >= 11 is 0. The highest BCUT2D eigenvalue weighted by Crippen LogP contribution is 2.60. The van der Waals surface area contributed by atoms with E-state index in [1.165, 1.54) is 197 Å². The molecule has 0 saturated heterocycles. The van der Waals surface area contributed by atoms with Crippen LogP contribution in [-0.2, 0) is 9.53 Å². The van der Waals surface area contributed by atoms with Gasteiger partial charge in [-0.1, -0.05) is 212 Å². The minimum Gasteiger partial charge on any atom is -0.461 e. The lowest BCUT2D eigenvalue weighted by molar-refractivity contribution is -0.142. The molecular weight excluding hydrogens is 689 g/mol. The van der Waals surface area contributed by atoms with E-state index in [2.05, 4.69) is 39.8 Å². The molecule has 0 aliphatic heterocycles. The summed E-state index contributed by atoms with van der Waals surface area (Å²) in [6.07, 6.45) is 51.5. The first-order chi connectivity index (χ1) is 27.2. The molecule has 2 rings (SSSR count). The zero-order valence-electron chi connectivity index (χ0n) is 38.1. The van der Waals surface area contributed by atoms with Crippen LogP contribution in [0.25, 0.3) is 0 Å². The quantitative estimate of drug-likeness (QED) is 0.0374. The van der Waals surface area contributed by atoms with Crippen LogP contribution in [0.3, 0.4) is 0 Å². The van der Waals surface area contributed by atoms with E-state index in [1.54, 1.807) is 0 Å². The standard InChI is InChI=1S/C52H96O4/c1-46(36-38-48-47(45-54)37-39-49-51(2,3)41-34-42-52(48,49)4)40-44-56-50(55)35-32-30-28-26-24-22-20-18-16-14-12-10-8-6-5-7-9-11-13-15-17-19-21-23-25-27-29-31-33-43-53/h37,40,48-49,53-54H,5-36,38-39,41-45H2,1-4H3. The molecule has 3 atom stereocenters. The molecule has 3 unspecified atom stereocenters. The first kappa shape index (κ1) is 51.0. The predicted molar refractivity (Wildman–Crippen MR) is 242 cm³/mol. The van der Waals surface area contributed by atoms with Crippen LogP contribution >= 0.6 is 0 Å². The molecule has 0 radical (unpaired) electrons. The van der Waals surface area contributed by atoms with Crippen LogP contribution in [0.5, 0.6) is 0 Å². The molecule has 0 bridgehead atoms. The molecule has 2 aliphatic carbocycles. The van der Waals surface area contributed by atoms with E-state index in [0.29, 0.717) is 36.9 Å². The molecule has 0 amide bonds. The zero-order valence-corrected chi connectivity index (χ0v) is 38.1. The molecule has 0 heterocycles. The Morgan fingerprint density at radius 2 is 1.04 bits per heavy atom. The van der Waals surface area contributed by atoms with Gasteiger partial charge in [0.15, 0.2) is 0 Å². The number of carbonyl (C=O) groups excluding carboxylic acids is 1. The van der Waals surface area contributed by atoms with Gasteiger partial charge in [-0.2, -0.15) is 0 Å². The van der Waals surface area contributed by atoms with Crippen LogP contribution in [0, 0.1) is 22.7 Å². The molecule has 1 fully saturated rings. The molecule has 4 heteroatoms. The fourth-order valence-electron chi connectivity index (χ4n) is 10.7. The molecule has 1 saturated carbocycles. The van der Waals surface area contributed by atoms with Gasteiger partial charge in [-0.3, -0.25) is 4.79 Å². The van der Waals surface area contributed by atoms with E-state index in [0.717, 1.165) is 38.5 Å². The van der Waals surface area contributed by atoms with Gasteiger partial charge in [0.25, 0.3) is 0 Å². The first-order valence-corrected chi connectivity index (χ1v) is 25.0. The highest BCUT2D eigenvalue weighted by Gasteiger charge is 2.52. The van der Waals surface area contributed by atoms with Gasteiger partial charge in [0.05, 0.1) is 6.61 Å². The normalized spacial score (nSPS) is 20.9. The van der Waals surface area contributed by atoms with Gasteiger partial charge < -0.3 is 14.9 Å². The number of hydrogen-bond donors (Lipinski definition) is 2. The Morgan fingerprint density at radius 3 is 1.45 bits per heavy atom. The average Bonchev–Trinajstić information content (AvgIpc) is 3.17. The van der Waals surface area contributed by atoms with Crippen molar-refractivity contribution < 1.29 is 19.7 Å². The van der Waals surface area contributed by atoms with Crippen LogP contribution in [0.4, 0.5) is 0 Å². The molecule has 0 aromatic carbocycles. The number of allylic oxidation sites excluding steroid dienone is 2. The van der Waals surface area contributed by atoms with Gasteiger partial charge in [0.2, 0.25) is 0 Å². The topological polar surface area (TPSA) is 66.8 Å². The monoisotopic (exact) mass is 785 g/mol. The Kier molecular flexibility index (Phi) is 29.8. The van der Waals surface area contributed by atoms with Crippen molar-refractivity contribution in [3.05, 3.63) is 23.3 Å². The number of hydrogen-bond acceptors (Lipinski definition) is 4. The first-order valence-electron chi connectivity index (χ1n) is 25.0. The van der Waals surface area contributed by atoms with Crippen molar-refractivity contribution in [3.63, 3.8) is 0 Å². The third-order valence-corrected chi connectivity index (χ3v) is 14.4. The second kappa shape index (κ2) is 32.7. The van der Waals surface area contributed by atoms with Gasteiger partial charge in [0, 0.05) is 13.0 Å². The summed E-state index contributed by atoms with van der Waals surface area (Å²) in [7, 11) is 0. The third kappa shape index (κ3) is 22.9. The number of unbranched alkanes of at least 4 members (excludes halogenated alkanes) is 28. The highest BCUT2D eigenvalue weighted by molar-refractivity contribution is 5.69. The maximum absolute atomic E-state index is 12.3. The van der Waals surface area contributed by atoms with Crippen molar-refractivity contribution in [2.75, 3.05) is 19.8 Å². The average molecular weight is 785 g/mol. The number of rotatable bonds is 37. The van der Waals surface area contributed by atoms with Crippen LogP contribution in [0.15, 0.2) is 23.3 Å². The number of fused-ring (bicyclic) bond motifs is 1. The molecule has 0 aromatic rings. The van der Waals surface area contributed by atoms with E-state index in [-0.39, 0.29) is 18.0 Å². The van der Waals surface area contributed by atoms with Gasteiger partial charge in [-0.15, -0.1) is 0 Å². The molecular formula is C52H96O4. The van der Waals surface area contributed by atoms with Crippen LogP contribution in [-0.4, -0.2) is 36.0 Å². The molecule has 2 N–H and O–H groups in total. The van der Waals surface area contributed by atoms with Crippen molar-refractivity contribution in [2.24, 2.45) is 22.7 Å². The SMILES string of the molecule is CC(=CCOC(=O)CCCCCCCCCCCCCCCCCCCCCCCCCCCCCCCO)CCC1C(CO)=CCC2C(C)(C)CCCC12C. The number of carbonyl (C=O) groups is 1. The largest absolute Gasteiger partial charge is 0.461 e. The summed E-state index contributed by atoms with van der Waals surface area (Å²) in [5.74, 6) is 1.07. The van der Waals surface area contributed by atoms with Gasteiger partial charge in [-0.05, 0) is 86.2 Å². The van der Waals surface area contributed by atoms with Crippen molar-refractivity contribution in [1.29, 1.82) is 0 Å². The molecule has 0 aromatic heterocycles. The van der Waals surface area contributed by atoms with Gasteiger partial charge in [-0.25, -0.2) is 0 Å². The lowest BCUT2D eigenvalue weighted by Gasteiger charge is -2.57. The molecule has 56 heavy (non-hydrogen) atoms. The summed E-state index contributed by atoms with van der Waals surface area (Å²) in [6.45, 7) is 10.5. The Balaban J connectivity index is 1.30. The molecule has 2 aliphatic rings. The Morgan fingerprint density at radius 1 is 0.625 bits per heavy atom. The number of esters is 1. The smallest absolute Gasteiger partial charge is 0.306 e. The second-order valence-electron chi connectivity index (χ2n) is 19.6. The summed E-state index contributed by atoms with van der Waals surface area (Å²) in [6, 6.07) is 0. The minimum absolute atomic E-state index is 0.0529. The van der Waals surface area contributed by atoms with E-state index in [9.17, 15) is 9.90 Å². The van der Waals surface area contributed by atoms with E-state index in [1.807, 2.05) is 0 Å². The molecule has 328 valence electrons. The van der Waals surface area contributed by atoms with E-state index < -0.39 is 0 Å². The van der Waals surface area contributed by atoms with Crippen LogP contribution in [0.2, 0.25) is 0 Å². The van der Waals surface area contributed by atoms with Crippen molar-refractivity contribution in [2.45, 2.75) is 259 Å².